The Morgan fingerprint density at radius 2 is 2.22 bits per heavy atom. The van der Waals surface area contributed by atoms with Crippen molar-refractivity contribution in [1.82, 2.24) is 4.90 Å². The Balaban J connectivity index is 2.73. The summed E-state index contributed by atoms with van der Waals surface area (Å²) in [7, 11) is 2.00. The molecular formula is C7H13NO. The highest BCUT2D eigenvalue weighted by atomic mass is 16.5. The van der Waals surface area contributed by atoms with E-state index in [-0.39, 0.29) is 5.54 Å². The summed E-state index contributed by atoms with van der Waals surface area (Å²) in [5, 5.41) is 0. The summed E-state index contributed by atoms with van der Waals surface area (Å²) in [6, 6.07) is 0. The maximum atomic E-state index is 5.21. The highest BCUT2D eigenvalue weighted by Gasteiger charge is 2.32. The second-order valence-electron chi connectivity index (χ2n) is 3.05. The first kappa shape index (κ1) is 6.46. The van der Waals surface area contributed by atoms with Crippen LogP contribution in [0, 0.1) is 0 Å². The van der Waals surface area contributed by atoms with Gasteiger partial charge in [-0.15, -0.1) is 0 Å². The molecule has 0 aliphatic carbocycles. The maximum absolute atomic E-state index is 5.21. The van der Waals surface area contributed by atoms with Gasteiger partial charge in [0.1, 0.15) is 6.61 Å². The minimum absolute atomic E-state index is 0.136. The molecule has 2 nitrogen and oxygen atoms in total. The first-order valence-corrected chi connectivity index (χ1v) is 3.09. The fourth-order valence-electron chi connectivity index (χ4n) is 0.791. The third kappa shape index (κ3) is 0.889. The van der Waals surface area contributed by atoms with Crippen molar-refractivity contribution in [3.8, 4) is 0 Å². The van der Waals surface area contributed by atoms with Crippen molar-refractivity contribution < 1.29 is 4.74 Å². The topological polar surface area (TPSA) is 12.5 Å². The van der Waals surface area contributed by atoms with Crippen LogP contribution in [0.25, 0.3) is 0 Å². The summed E-state index contributed by atoms with van der Waals surface area (Å²) in [5.74, 6) is 0.778. The standard InChI is InChI=1S/C7H13NO/c1-6-8(4)7(2,3)5-9-6/h1,5H2,2-4H3. The molecule has 0 atom stereocenters. The molecule has 52 valence electrons. The Hall–Kier alpha value is -0.660. The van der Waals surface area contributed by atoms with Gasteiger partial charge in [0.15, 0.2) is 5.88 Å². The van der Waals surface area contributed by atoms with E-state index in [1.165, 1.54) is 0 Å². The molecular weight excluding hydrogens is 114 g/mol. The third-order valence-electron chi connectivity index (χ3n) is 1.87. The van der Waals surface area contributed by atoms with E-state index in [9.17, 15) is 0 Å². The Morgan fingerprint density at radius 3 is 2.33 bits per heavy atom. The molecule has 0 bridgehead atoms. The van der Waals surface area contributed by atoms with Crippen molar-refractivity contribution in [2.45, 2.75) is 19.4 Å². The van der Waals surface area contributed by atoms with Crippen LogP contribution in [0.15, 0.2) is 12.5 Å². The minimum atomic E-state index is 0.136. The summed E-state index contributed by atoms with van der Waals surface area (Å²) in [5.41, 5.74) is 0.136. The van der Waals surface area contributed by atoms with Gasteiger partial charge in [-0.1, -0.05) is 0 Å². The molecule has 1 aliphatic rings. The van der Waals surface area contributed by atoms with Crippen LogP contribution in [0.1, 0.15) is 13.8 Å². The van der Waals surface area contributed by atoms with Crippen LogP contribution in [0.5, 0.6) is 0 Å². The van der Waals surface area contributed by atoms with Crippen molar-refractivity contribution in [1.29, 1.82) is 0 Å². The van der Waals surface area contributed by atoms with Gasteiger partial charge in [0.25, 0.3) is 0 Å². The number of nitrogens with zero attached hydrogens (tertiary/aromatic N) is 1. The summed E-state index contributed by atoms with van der Waals surface area (Å²) in [6.07, 6.45) is 0. The van der Waals surface area contributed by atoms with E-state index in [0.717, 1.165) is 12.5 Å². The monoisotopic (exact) mass is 127 g/mol. The molecule has 0 radical (unpaired) electrons. The average molecular weight is 127 g/mol. The van der Waals surface area contributed by atoms with Crippen molar-refractivity contribution in [3.05, 3.63) is 12.5 Å². The molecule has 1 aliphatic heterocycles. The second kappa shape index (κ2) is 1.66. The Bertz CT molecular complexity index is 140. The van der Waals surface area contributed by atoms with Gasteiger partial charge in [-0.25, -0.2) is 0 Å². The van der Waals surface area contributed by atoms with Crippen molar-refractivity contribution in [3.63, 3.8) is 0 Å². The molecule has 1 heterocycles. The van der Waals surface area contributed by atoms with Crippen molar-refractivity contribution >= 4 is 0 Å². The molecule has 0 aromatic carbocycles. The van der Waals surface area contributed by atoms with Gasteiger partial charge in [0, 0.05) is 7.05 Å². The molecule has 9 heavy (non-hydrogen) atoms. The average Bonchev–Trinajstić information content (AvgIpc) is 1.97. The van der Waals surface area contributed by atoms with Crippen molar-refractivity contribution in [2.75, 3.05) is 13.7 Å². The van der Waals surface area contributed by atoms with Crippen LogP contribution in [0.2, 0.25) is 0 Å². The Morgan fingerprint density at radius 1 is 1.67 bits per heavy atom. The second-order valence-corrected chi connectivity index (χ2v) is 3.05. The van der Waals surface area contributed by atoms with Gasteiger partial charge < -0.3 is 9.64 Å². The van der Waals surface area contributed by atoms with Gasteiger partial charge in [-0.05, 0) is 20.4 Å². The predicted molar refractivity (Wildman–Crippen MR) is 36.9 cm³/mol. The Kier molecular flexibility index (Phi) is 1.19. The molecule has 2 heteroatoms. The first-order chi connectivity index (χ1) is 4.04. The molecule has 0 saturated carbocycles. The number of hydrogen-bond donors (Lipinski definition) is 0. The van der Waals surface area contributed by atoms with Gasteiger partial charge in [-0.3, -0.25) is 0 Å². The van der Waals surface area contributed by atoms with Crippen LogP contribution < -0.4 is 0 Å². The highest BCUT2D eigenvalue weighted by Crippen LogP contribution is 2.25. The molecule has 1 fully saturated rings. The SMILES string of the molecule is C=C1OCC(C)(C)N1C. The van der Waals surface area contributed by atoms with Gasteiger partial charge in [0.05, 0.1) is 5.54 Å². The lowest BCUT2D eigenvalue weighted by atomic mass is 10.1. The number of hydrogen-bond acceptors (Lipinski definition) is 2. The molecule has 0 N–H and O–H groups in total. The van der Waals surface area contributed by atoms with Crippen molar-refractivity contribution in [2.24, 2.45) is 0 Å². The largest absolute Gasteiger partial charge is 0.477 e. The lowest BCUT2D eigenvalue weighted by molar-refractivity contribution is 0.237. The molecule has 0 aromatic heterocycles. The summed E-state index contributed by atoms with van der Waals surface area (Å²) >= 11 is 0. The molecule has 1 saturated heterocycles. The molecule has 0 unspecified atom stereocenters. The van der Waals surface area contributed by atoms with E-state index in [1.54, 1.807) is 0 Å². The van der Waals surface area contributed by atoms with E-state index in [2.05, 4.69) is 20.4 Å². The van der Waals surface area contributed by atoms with Gasteiger partial charge in [0.2, 0.25) is 0 Å². The maximum Gasteiger partial charge on any atom is 0.182 e. The van der Waals surface area contributed by atoms with Crippen LogP contribution in [0.4, 0.5) is 0 Å². The minimum Gasteiger partial charge on any atom is -0.477 e. The molecule has 0 aromatic rings. The van der Waals surface area contributed by atoms with Crippen LogP contribution >= 0.6 is 0 Å². The smallest absolute Gasteiger partial charge is 0.182 e. The predicted octanol–water partition coefficient (Wildman–Crippen LogP) is 1.20. The molecule has 1 rings (SSSR count). The van der Waals surface area contributed by atoms with Crippen LogP contribution in [-0.2, 0) is 4.74 Å². The molecule has 0 amide bonds. The summed E-state index contributed by atoms with van der Waals surface area (Å²) in [6.45, 7) is 8.75. The fraction of sp³-hybridized carbons (Fsp3) is 0.714. The highest BCUT2D eigenvalue weighted by molar-refractivity contribution is 4.98. The van der Waals surface area contributed by atoms with Crippen LogP contribution in [-0.4, -0.2) is 24.1 Å². The third-order valence-corrected chi connectivity index (χ3v) is 1.87. The number of rotatable bonds is 0. The van der Waals surface area contributed by atoms with E-state index < -0.39 is 0 Å². The van der Waals surface area contributed by atoms with E-state index in [0.29, 0.717) is 0 Å². The van der Waals surface area contributed by atoms with E-state index in [4.69, 9.17) is 4.74 Å². The lowest BCUT2D eigenvalue weighted by Gasteiger charge is -2.25. The number of ether oxygens (including phenoxy) is 1. The Labute approximate surface area is 56.1 Å². The van der Waals surface area contributed by atoms with E-state index >= 15 is 0 Å². The fourth-order valence-corrected chi connectivity index (χ4v) is 0.791. The zero-order chi connectivity index (χ0) is 7.07. The van der Waals surface area contributed by atoms with Gasteiger partial charge >= 0.3 is 0 Å². The summed E-state index contributed by atoms with van der Waals surface area (Å²) in [4.78, 5) is 2.05. The first-order valence-electron chi connectivity index (χ1n) is 3.09. The quantitative estimate of drug-likeness (QED) is 0.484. The zero-order valence-corrected chi connectivity index (χ0v) is 6.27. The normalized spacial score (nSPS) is 24.3. The summed E-state index contributed by atoms with van der Waals surface area (Å²) < 4.78 is 5.21. The lowest BCUT2D eigenvalue weighted by Crippen LogP contribution is -2.35. The van der Waals surface area contributed by atoms with Gasteiger partial charge in [-0.2, -0.15) is 0 Å². The van der Waals surface area contributed by atoms with Crippen LogP contribution in [0.3, 0.4) is 0 Å². The molecule has 0 spiro atoms. The van der Waals surface area contributed by atoms with E-state index in [1.807, 2.05) is 11.9 Å². The number of likely N-dealkylation sites (N-methyl/N-ethyl adjacent to an activating group) is 1. The zero-order valence-electron chi connectivity index (χ0n) is 6.27.